The zero-order valence-corrected chi connectivity index (χ0v) is 16.1. The van der Waals surface area contributed by atoms with Gasteiger partial charge in [0.25, 0.3) is 5.91 Å². The van der Waals surface area contributed by atoms with E-state index in [-0.39, 0.29) is 5.91 Å². The molecule has 0 unspecified atom stereocenters. The van der Waals surface area contributed by atoms with E-state index in [1.807, 2.05) is 44.2 Å². The van der Waals surface area contributed by atoms with Gasteiger partial charge in [0.15, 0.2) is 10.8 Å². The zero-order chi connectivity index (χ0) is 17.6. The van der Waals surface area contributed by atoms with Crippen molar-refractivity contribution in [1.29, 1.82) is 0 Å². The van der Waals surface area contributed by atoms with Crippen LogP contribution in [-0.4, -0.2) is 23.2 Å². The molecule has 0 N–H and O–H groups in total. The topological polar surface area (TPSA) is 46.3 Å². The molecule has 1 amide bonds. The second kappa shape index (κ2) is 6.52. The SMILES string of the molecule is Cc1ccc(-c2nc(C)c(C(=O)N3CCSc4ccc(Cl)cc43)s2)o1. The number of aryl methyl sites for hydroxylation is 2. The largest absolute Gasteiger partial charge is 0.459 e. The lowest BCUT2D eigenvalue weighted by Crippen LogP contribution is -2.35. The lowest BCUT2D eigenvalue weighted by Gasteiger charge is -2.28. The normalized spacial score (nSPS) is 13.8. The van der Waals surface area contributed by atoms with E-state index < -0.39 is 0 Å². The van der Waals surface area contributed by atoms with Crippen LogP contribution in [0.1, 0.15) is 21.1 Å². The number of carbonyl (C=O) groups excluding carboxylic acids is 1. The Bertz CT molecular complexity index is 964. The van der Waals surface area contributed by atoms with Crippen LogP contribution < -0.4 is 4.90 Å². The van der Waals surface area contributed by atoms with Gasteiger partial charge in [-0.05, 0) is 44.2 Å². The molecule has 4 nitrogen and oxygen atoms in total. The van der Waals surface area contributed by atoms with Crippen molar-refractivity contribution in [2.75, 3.05) is 17.2 Å². The Morgan fingerprint density at radius 3 is 2.88 bits per heavy atom. The fraction of sp³-hybridized carbons (Fsp3) is 0.222. The summed E-state index contributed by atoms with van der Waals surface area (Å²) in [5.41, 5.74) is 1.60. The molecule has 128 valence electrons. The van der Waals surface area contributed by atoms with E-state index in [4.69, 9.17) is 16.0 Å². The van der Waals surface area contributed by atoms with E-state index in [1.54, 1.807) is 16.7 Å². The number of thioether (sulfide) groups is 1. The van der Waals surface area contributed by atoms with Crippen LogP contribution in [0.5, 0.6) is 0 Å². The van der Waals surface area contributed by atoms with Crippen LogP contribution in [0.2, 0.25) is 5.02 Å². The van der Waals surface area contributed by atoms with Crippen molar-refractivity contribution >= 4 is 46.3 Å². The first-order chi connectivity index (χ1) is 12.0. The Morgan fingerprint density at radius 2 is 2.12 bits per heavy atom. The fourth-order valence-electron chi connectivity index (χ4n) is 2.77. The van der Waals surface area contributed by atoms with Crippen molar-refractivity contribution in [2.45, 2.75) is 18.7 Å². The van der Waals surface area contributed by atoms with Crippen molar-refractivity contribution in [3.8, 4) is 10.8 Å². The highest BCUT2D eigenvalue weighted by atomic mass is 35.5. The Morgan fingerprint density at radius 1 is 1.28 bits per heavy atom. The number of amides is 1. The molecule has 0 saturated heterocycles. The lowest BCUT2D eigenvalue weighted by atomic mass is 10.2. The average Bonchev–Trinajstić information content (AvgIpc) is 3.19. The minimum atomic E-state index is -0.0339. The molecule has 2 aromatic heterocycles. The van der Waals surface area contributed by atoms with E-state index in [9.17, 15) is 4.79 Å². The van der Waals surface area contributed by atoms with Gasteiger partial charge in [-0.3, -0.25) is 4.79 Å². The molecular weight excluding hydrogens is 376 g/mol. The van der Waals surface area contributed by atoms with Crippen LogP contribution in [0.15, 0.2) is 39.6 Å². The number of thiazole rings is 1. The summed E-state index contributed by atoms with van der Waals surface area (Å²) in [5.74, 6) is 2.35. The fourth-order valence-corrected chi connectivity index (χ4v) is 4.89. The van der Waals surface area contributed by atoms with Gasteiger partial charge in [-0.15, -0.1) is 23.1 Å². The van der Waals surface area contributed by atoms with Crippen LogP contribution in [0, 0.1) is 13.8 Å². The highest BCUT2D eigenvalue weighted by molar-refractivity contribution is 7.99. The third kappa shape index (κ3) is 3.10. The number of anilines is 1. The quantitative estimate of drug-likeness (QED) is 0.585. The van der Waals surface area contributed by atoms with Crippen molar-refractivity contribution < 1.29 is 9.21 Å². The molecule has 0 fully saturated rings. The first-order valence-electron chi connectivity index (χ1n) is 7.81. The van der Waals surface area contributed by atoms with Gasteiger partial charge in [0.2, 0.25) is 0 Å². The minimum absolute atomic E-state index is 0.0339. The van der Waals surface area contributed by atoms with Crippen LogP contribution in [0.25, 0.3) is 10.8 Å². The Kier molecular flexibility index (Phi) is 4.35. The van der Waals surface area contributed by atoms with Gasteiger partial charge in [0, 0.05) is 22.2 Å². The summed E-state index contributed by atoms with van der Waals surface area (Å²) in [7, 11) is 0. The number of nitrogens with zero attached hydrogens (tertiary/aromatic N) is 2. The smallest absolute Gasteiger partial charge is 0.270 e. The number of rotatable bonds is 2. The number of furan rings is 1. The highest BCUT2D eigenvalue weighted by Gasteiger charge is 2.28. The zero-order valence-electron chi connectivity index (χ0n) is 13.7. The molecule has 0 aliphatic carbocycles. The van der Waals surface area contributed by atoms with E-state index in [0.29, 0.717) is 22.2 Å². The minimum Gasteiger partial charge on any atom is -0.459 e. The summed E-state index contributed by atoms with van der Waals surface area (Å²) in [6, 6.07) is 9.46. The predicted molar refractivity (Wildman–Crippen MR) is 103 cm³/mol. The number of aromatic nitrogens is 1. The first-order valence-corrected chi connectivity index (χ1v) is 9.99. The molecule has 0 atom stereocenters. The van der Waals surface area contributed by atoms with Crippen molar-refractivity contribution in [2.24, 2.45) is 0 Å². The Hall–Kier alpha value is -1.76. The number of halogens is 1. The third-order valence-electron chi connectivity index (χ3n) is 3.97. The first kappa shape index (κ1) is 16.7. The molecular formula is C18H15ClN2O2S2. The maximum Gasteiger partial charge on any atom is 0.270 e. The van der Waals surface area contributed by atoms with E-state index in [2.05, 4.69) is 4.98 Å². The molecule has 1 aromatic carbocycles. The van der Waals surface area contributed by atoms with Gasteiger partial charge in [-0.25, -0.2) is 4.98 Å². The van der Waals surface area contributed by atoms with Crippen LogP contribution >= 0.6 is 34.7 Å². The van der Waals surface area contributed by atoms with E-state index >= 15 is 0 Å². The van der Waals surface area contributed by atoms with E-state index in [0.717, 1.165) is 32.8 Å². The summed E-state index contributed by atoms with van der Waals surface area (Å²) in [4.78, 5) is 21.2. The summed E-state index contributed by atoms with van der Waals surface area (Å²) in [6.07, 6.45) is 0. The summed E-state index contributed by atoms with van der Waals surface area (Å²) < 4.78 is 5.64. The molecule has 1 aliphatic rings. The monoisotopic (exact) mass is 390 g/mol. The molecule has 0 bridgehead atoms. The molecule has 0 spiro atoms. The van der Waals surface area contributed by atoms with Crippen molar-refractivity contribution in [3.63, 3.8) is 0 Å². The van der Waals surface area contributed by atoms with Gasteiger partial charge in [0.05, 0.1) is 11.4 Å². The van der Waals surface area contributed by atoms with Crippen molar-refractivity contribution in [3.05, 3.63) is 51.7 Å². The molecule has 0 radical (unpaired) electrons. The Labute approximate surface area is 158 Å². The number of hydrogen-bond acceptors (Lipinski definition) is 5. The second-order valence-electron chi connectivity index (χ2n) is 5.76. The molecule has 3 heterocycles. The van der Waals surface area contributed by atoms with Crippen LogP contribution in [0.4, 0.5) is 5.69 Å². The average molecular weight is 391 g/mol. The van der Waals surface area contributed by atoms with Gasteiger partial charge in [0.1, 0.15) is 10.6 Å². The lowest BCUT2D eigenvalue weighted by molar-refractivity contribution is 0.0991. The van der Waals surface area contributed by atoms with E-state index in [1.165, 1.54) is 11.3 Å². The summed E-state index contributed by atoms with van der Waals surface area (Å²) in [6.45, 7) is 4.41. The maximum absolute atomic E-state index is 13.2. The molecule has 1 aliphatic heterocycles. The number of benzene rings is 1. The molecule has 3 aromatic rings. The van der Waals surface area contributed by atoms with Crippen LogP contribution in [0.3, 0.4) is 0 Å². The summed E-state index contributed by atoms with van der Waals surface area (Å²) in [5, 5.41) is 1.36. The molecule has 25 heavy (non-hydrogen) atoms. The van der Waals surface area contributed by atoms with Gasteiger partial charge in [-0.2, -0.15) is 0 Å². The Balaban J connectivity index is 1.71. The second-order valence-corrected chi connectivity index (χ2v) is 8.33. The van der Waals surface area contributed by atoms with Gasteiger partial charge in [-0.1, -0.05) is 11.6 Å². The predicted octanol–water partition coefficient (Wildman–Crippen LogP) is 5.43. The molecule has 7 heteroatoms. The standard InChI is InChI=1S/C18H15ClN2O2S2/c1-10-3-5-14(23-10)17-20-11(2)16(25-17)18(22)21-7-8-24-15-6-4-12(19)9-13(15)21/h3-6,9H,7-8H2,1-2H3. The third-order valence-corrected chi connectivity index (χ3v) is 6.41. The van der Waals surface area contributed by atoms with Crippen molar-refractivity contribution in [1.82, 2.24) is 4.98 Å². The molecule has 0 saturated carbocycles. The number of fused-ring (bicyclic) bond motifs is 1. The summed E-state index contributed by atoms with van der Waals surface area (Å²) >= 11 is 9.25. The number of carbonyl (C=O) groups is 1. The molecule has 4 rings (SSSR count). The van der Waals surface area contributed by atoms with Gasteiger partial charge >= 0.3 is 0 Å². The van der Waals surface area contributed by atoms with Gasteiger partial charge < -0.3 is 9.32 Å². The maximum atomic E-state index is 13.2. The number of hydrogen-bond donors (Lipinski definition) is 0. The highest BCUT2D eigenvalue weighted by Crippen LogP contribution is 2.38. The van der Waals surface area contributed by atoms with Crippen LogP contribution in [-0.2, 0) is 0 Å².